The Morgan fingerprint density at radius 2 is 1.47 bits per heavy atom. The lowest BCUT2D eigenvalue weighted by Crippen LogP contribution is -2.07. The Hall–Kier alpha value is -1.14. The zero-order chi connectivity index (χ0) is 12.2. The molecule has 6 heteroatoms. The van der Waals surface area contributed by atoms with Gasteiger partial charge in [-0.15, -0.1) is 0 Å². The van der Waals surface area contributed by atoms with Crippen LogP contribution in [0.2, 0.25) is 0 Å². The lowest BCUT2D eigenvalue weighted by atomic mass is 10.1. The van der Waals surface area contributed by atoms with Crippen LogP contribution in [0.5, 0.6) is 0 Å². The first-order valence-corrected chi connectivity index (χ1v) is 5.65. The van der Waals surface area contributed by atoms with Gasteiger partial charge in [0, 0.05) is 12.8 Å². The largest absolute Gasteiger partial charge is 0.481 e. The molecule has 0 spiro atoms. The number of hydrogen-bond donors (Lipinski definition) is 3. The fourth-order valence-corrected chi connectivity index (χ4v) is 1.31. The fraction of sp³-hybridized carbons (Fsp3) is 0.818. The molecule has 0 aromatic carbocycles. The molecule has 0 aromatic heterocycles. The third-order valence-electron chi connectivity index (χ3n) is 2.13. The zero-order valence-electron chi connectivity index (χ0n) is 10.2. The zero-order valence-corrected chi connectivity index (χ0v) is 10.2. The number of esters is 1. The number of carbonyl (C=O) groups is 2. The minimum atomic E-state index is -0.757. The van der Waals surface area contributed by atoms with Crippen LogP contribution in [0.3, 0.4) is 0 Å². The van der Waals surface area contributed by atoms with Crippen molar-refractivity contribution in [2.75, 3.05) is 13.2 Å². The van der Waals surface area contributed by atoms with Crippen LogP contribution in [-0.4, -0.2) is 35.4 Å². The standard InChI is InChI=1S/C11H20O5.H3N/c12-8-9-16-11(15)7-5-3-1-2-4-6-10(13)14;/h12H,1-9H2,(H,13,14);1H3. The van der Waals surface area contributed by atoms with E-state index in [1.54, 1.807) is 0 Å². The highest BCUT2D eigenvalue weighted by Gasteiger charge is 2.02. The molecule has 0 aliphatic rings. The van der Waals surface area contributed by atoms with E-state index in [0.717, 1.165) is 25.7 Å². The van der Waals surface area contributed by atoms with Crippen LogP contribution in [0, 0.1) is 0 Å². The van der Waals surface area contributed by atoms with E-state index in [0.29, 0.717) is 12.8 Å². The second-order valence-electron chi connectivity index (χ2n) is 3.61. The van der Waals surface area contributed by atoms with E-state index in [9.17, 15) is 9.59 Å². The molecular weight excluding hydrogens is 226 g/mol. The van der Waals surface area contributed by atoms with Gasteiger partial charge in [0.25, 0.3) is 0 Å². The molecule has 0 atom stereocenters. The summed E-state index contributed by atoms with van der Waals surface area (Å²) in [4.78, 5) is 21.2. The van der Waals surface area contributed by atoms with Gasteiger partial charge in [-0.2, -0.15) is 0 Å². The molecule has 0 aliphatic carbocycles. The molecule has 102 valence electrons. The van der Waals surface area contributed by atoms with Gasteiger partial charge in [-0.1, -0.05) is 19.3 Å². The van der Waals surface area contributed by atoms with Crippen molar-refractivity contribution in [3.05, 3.63) is 0 Å². The van der Waals surface area contributed by atoms with E-state index in [-0.39, 0.29) is 31.8 Å². The summed E-state index contributed by atoms with van der Waals surface area (Å²) in [6, 6.07) is 0. The Kier molecular flexibility index (Phi) is 13.9. The maximum Gasteiger partial charge on any atom is 0.305 e. The lowest BCUT2D eigenvalue weighted by molar-refractivity contribution is -0.144. The topological polar surface area (TPSA) is 119 Å². The first kappa shape index (κ1) is 18.2. The number of aliphatic carboxylic acids is 1. The van der Waals surface area contributed by atoms with Crippen LogP contribution in [0.15, 0.2) is 0 Å². The average Bonchev–Trinajstić information content (AvgIpc) is 2.24. The molecule has 6 nitrogen and oxygen atoms in total. The lowest BCUT2D eigenvalue weighted by Gasteiger charge is -2.02. The van der Waals surface area contributed by atoms with E-state index < -0.39 is 5.97 Å². The van der Waals surface area contributed by atoms with Crippen molar-refractivity contribution < 1.29 is 24.5 Å². The summed E-state index contributed by atoms with van der Waals surface area (Å²) in [5, 5.41) is 16.8. The van der Waals surface area contributed by atoms with Crippen LogP contribution in [0.4, 0.5) is 0 Å². The van der Waals surface area contributed by atoms with Gasteiger partial charge in [-0.3, -0.25) is 9.59 Å². The molecule has 0 rings (SSSR count). The number of carbonyl (C=O) groups excluding carboxylic acids is 1. The molecule has 0 radical (unpaired) electrons. The number of hydrogen-bond acceptors (Lipinski definition) is 5. The van der Waals surface area contributed by atoms with Gasteiger partial charge < -0.3 is 21.1 Å². The SMILES string of the molecule is N.O=C(O)CCCCCCCC(=O)OCCO. The summed E-state index contributed by atoms with van der Waals surface area (Å²) < 4.78 is 4.68. The van der Waals surface area contributed by atoms with E-state index in [1.807, 2.05) is 0 Å². The Bertz CT molecular complexity index is 208. The smallest absolute Gasteiger partial charge is 0.305 e. The Labute approximate surface area is 102 Å². The normalized spacial score (nSPS) is 9.47. The van der Waals surface area contributed by atoms with E-state index in [4.69, 9.17) is 10.2 Å². The average molecular weight is 249 g/mol. The van der Waals surface area contributed by atoms with Crippen molar-refractivity contribution in [3.63, 3.8) is 0 Å². The molecule has 0 amide bonds. The molecular formula is C11H23NO5. The summed E-state index contributed by atoms with van der Waals surface area (Å²) >= 11 is 0. The number of carboxylic acid groups (broad SMARTS) is 1. The predicted molar refractivity (Wildman–Crippen MR) is 63.0 cm³/mol. The first-order valence-electron chi connectivity index (χ1n) is 5.65. The number of unbranched alkanes of at least 4 members (excludes halogenated alkanes) is 4. The summed E-state index contributed by atoms with van der Waals surface area (Å²) in [7, 11) is 0. The van der Waals surface area contributed by atoms with E-state index in [1.165, 1.54) is 0 Å². The minimum absolute atomic E-state index is 0. The van der Waals surface area contributed by atoms with E-state index in [2.05, 4.69) is 4.74 Å². The molecule has 0 saturated carbocycles. The second-order valence-corrected chi connectivity index (χ2v) is 3.61. The number of aliphatic hydroxyl groups excluding tert-OH is 1. The molecule has 0 unspecified atom stereocenters. The number of rotatable bonds is 10. The van der Waals surface area contributed by atoms with Crippen LogP contribution >= 0.6 is 0 Å². The maximum absolute atomic E-state index is 11.0. The van der Waals surface area contributed by atoms with Crippen LogP contribution in [0.1, 0.15) is 44.9 Å². The third kappa shape index (κ3) is 14.9. The van der Waals surface area contributed by atoms with Crippen LogP contribution < -0.4 is 6.15 Å². The summed E-state index contributed by atoms with van der Waals surface area (Å²) in [5.74, 6) is -1.04. The summed E-state index contributed by atoms with van der Waals surface area (Å²) in [5.41, 5.74) is 0. The van der Waals surface area contributed by atoms with Crippen molar-refractivity contribution in [3.8, 4) is 0 Å². The second kappa shape index (κ2) is 12.9. The minimum Gasteiger partial charge on any atom is -0.481 e. The summed E-state index contributed by atoms with van der Waals surface area (Å²) in [6.07, 6.45) is 4.80. The molecule has 0 aliphatic heterocycles. The van der Waals surface area contributed by atoms with Gasteiger partial charge in [0.2, 0.25) is 0 Å². The first-order chi connectivity index (χ1) is 7.66. The van der Waals surface area contributed by atoms with Gasteiger partial charge in [0.1, 0.15) is 6.61 Å². The highest BCUT2D eigenvalue weighted by Crippen LogP contribution is 2.07. The van der Waals surface area contributed by atoms with Gasteiger partial charge in [0.05, 0.1) is 6.61 Å². The van der Waals surface area contributed by atoms with Gasteiger partial charge in [0.15, 0.2) is 0 Å². The van der Waals surface area contributed by atoms with Crippen LogP contribution in [-0.2, 0) is 14.3 Å². The molecule has 5 N–H and O–H groups in total. The Balaban J connectivity index is 0. The summed E-state index contributed by atoms with van der Waals surface area (Å²) in [6.45, 7) is -0.0711. The van der Waals surface area contributed by atoms with Crippen molar-refractivity contribution in [1.82, 2.24) is 6.15 Å². The monoisotopic (exact) mass is 249 g/mol. The van der Waals surface area contributed by atoms with Gasteiger partial charge >= 0.3 is 11.9 Å². The number of aliphatic hydroxyl groups is 1. The Morgan fingerprint density at radius 3 is 2.00 bits per heavy atom. The van der Waals surface area contributed by atoms with Crippen molar-refractivity contribution >= 4 is 11.9 Å². The van der Waals surface area contributed by atoms with Gasteiger partial charge in [-0.25, -0.2) is 0 Å². The van der Waals surface area contributed by atoms with Crippen molar-refractivity contribution in [1.29, 1.82) is 0 Å². The molecule has 0 saturated heterocycles. The quantitative estimate of drug-likeness (QED) is 0.398. The fourth-order valence-electron chi connectivity index (χ4n) is 1.31. The predicted octanol–water partition coefficient (Wildman–Crippen LogP) is 1.50. The highest BCUT2D eigenvalue weighted by atomic mass is 16.5. The molecule has 0 fully saturated rings. The molecule has 0 aromatic rings. The van der Waals surface area contributed by atoms with Gasteiger partial charge in [-0.05, 0) is 12.8 Å². The molecule has 17 heavy (non-hydrogen) atoms. The molecule has 0 bridgehead atoms. The maximum atomic E-state index is 11.0. The number of carboxylic acids is 1. The highest BCUT2D eigenvalue weighted by molar-refractivity contribution is 5.69. The van der Waals surface area contributed by atoms with Crippen LogP contribution in [0.25, 0.3) is 0 Å². The molecule has 0 heterocycles. The number of ether oxygens (including phenoxy) is 1. The van der Waals surface area contributed by atoms with Crippen molar-refractivity contribution in [2.45, 2.75) is 44.9 Å². The van der Waals surface area contributed by atoms with E-state index >= 15 is 0 Å². The Morgan fingerprint density at radius 1 is 0.941 bits per heavy atom. The van der Waals surface area contributed by atoms with Crippen molar-refractivity contribution in [2.24, 2.45) is 0 Å². The third-order valence-corrected chi connectivity index (χ3v) is 2.13.